The molecule has 2 heterocycles. The Morgan fingerprint density at radius 3 is 1.93 bits per heavy atom. The molecule has 0 bridgehead atoms. The Labute approximate surface area is 274 Å². The van der Waals surface area contributed by atoms with Gasteiger partial charge in [0.15, 0.2) is 0 Å². The third-order valence-electron chi connectivity index (χ3n) is 7.90. The van der Waals surface area contributed by atoms with Crippen molar-refractivity contribution in [3.8, 4) is 23.0 Å². The van der Waals surface area contributed by atoms with Crippen LogP contribution in [0.1, 0.15) is 78.9 Å². The molecule has 1 saturated heterocycles. The molecule has 3 aromatic carbocycles. The summed E-state index contributed by atoms with van der Waals surface area (Å²) in [5.74, 6) is 2.10. The van der Waals surface area contributed by atoms with Crippen molar-refractivity contribution in [3.63, 3.8) is 0 Å². The van der Waals surface area contributed by atoms with Gasteiger partial charge in [-0.15, -0.1) is 0 Å². The molecular weight excluding hydrogens is 578 g/mol. The number of allylic oxidation sites excluding steroid dienone is 1. The molecule has 0 saturated carbocycles. The molecule has 1 fully saturated rings. The summed E-state index contributed by atoms with van der Waals surface area (Å²) < 4.78 is 22.6. The second-order valence-corrected chi connectivity index (χ2v) is 13.9. The molecule has 246 valence electrons. The molecule has 0 amide bonds. The minimum atomic E-state index is -0.576. The van der Waals surface area contributed by atoms with Gasteiger partial charge in [0.25, 0.3) is 0 Å². The van der Waals surface area contributed by atoms with Gasteiger partial charge in [-0.1, -0.05) is 36.8 Å². The van der Waals surface area contributed by atoms with E-state index in [9.17, 15) is 9.59 Å². The lowest BCUT2D eigenvalue weighted by Gasteiger charge is -2.26. The molecule has 0 aliphatic carbocycles. The Morgan fingerprint density at radius 2 is 1.33 bits per heavy atom. The highest BCUT2D eigenvalue weighted by molar-refractivity contribution is 5.94. The van der Waals surface area contributed by atoms with Crippen molar-refractivity contribution < 1.29 is 28.5 Å². The number of para-hydroxylation sites is 1. The molecule has 0 unspecified atom stereocenters. The predicted molar refractivity (Wildman–Crippen MR) is 183 cm³/mol. The van der Waals surface area contributed by atoms with E-state index in [4.69, 9.17) is 18.9 Å². The van der Waals surface area contributed by atoms with E-state index in [-0.39, 0.29) is 11.9 Å². The Kier molecular flexibility index (Phi) is 11.7. The number of benzene rings is 3. The van der Waals surface area contributed by atoms with Gasteiger partial charge in [-0.25, -0.2) is 0 Å². The first-order chi connectivity index (χ1) is 21.8. The number of nitrogens with zero attached hydrogens (tertiary/aromatic N) is 1. The lowest BCUT2D eigenvalue weighted by atomic mass is 9.93. The molecule has 3 aromatic rings. The van der Waals surface area contributed by atoms with E-state index < -0.39 is 10.8 Å². The second kappa shape index (κ2) is 15.5. The van der Waals surface area contributed by atoms with Crippen LogP contribution in [0.4, 0.5) is 0 Å². The van der Waals surface area contributed by atoms with E-state index in [1.165, 1.54) is 32.4 Å². The zero-order valence-electron chi connectivity index (χ0n) is 28.5. The quantitative estimate of drug-likeness (QED) is 0.192. The molecule has 7 heteroatoms. The van der Waals surface area contributed by atoms with Crippen LogP contribution in [0, 0.1) is 10.8 Å². The van der Waals surface area contributed by atoms with Gasteiger partial charge in [0.1, 0.15) is 36.2 Å². The molecule has 0 radical (unpaired) electrons. The largest absolute Gasteiger partial charge is 0.492 e. The first-order valence-electron chi connectivity index (χ1n) is 16.2. The first kappa shape index (κ1) is 34.8. The minimum Gasteiger partial charge on any atom is -0.492 e. The van der Waals surface area contributed by atoms with Crippen LogP contribution in [-0.4, -0.2) is 49.7 Å². The van der Waals surface area contributed by atoms with Crippen molar-refractivity contribution in [1.82, 2.24) is 4.90 Å². The summed E-state index contributed by atoms with van der Waals surface area (Å²) in [7, 11) is 0. The van der Waals surface area contributed by atoms with Gasteiger partial charge >= 0.3 is 11.9 Å². The van der Waals surface area contributed by atoms with Crippen LogP contribution in [0.25, 0.3) is 11.1 Å². The zero-order valence-corrected chi connectivity index (χ0v) is 28.5. The summed E-state index contributed by atoms with van der Waals surface area (Å²) in [6, 6.07) is 23.0. The second-order valence-electron chi connectivity index (χ2n) is 13.9. The van der Waals surface area contributed by atoms with Gasteiger partial charge in [0, 0.05) is 23.7 Å². The Balaban J connectivity index is 0.000000266. The fraction of sp³-hybridized carbons (Fsp3) is 0.436. The Bertz CT molecular complexity index is 1490. The lowest BCUT2D eigenvalue weighted by molar-refractivity contribution is -0.143. The predicted octanol–water partition coefficient (Wildman–Crippen LogP) is 8.46. The zero-order chi connectivity index (χ0) is 33.3. The summed E-state index contributed by atoms with van der Waals surface area (Å²) in [5.41, 5.74) is 2.98. The number of hydrogen-bond acceptors (Lipinski definition) is 7. The maximum absolute atomic E-state index is 12.1. The van der Waals surface area contributed by atoms with E-state index in [0.717, 1.165) is 41.2 Å². The van der Waals surface area contributed by atoms with Crippen molar-refractivity contribution >= 4 is 23.1 Å². The number of likely N-dealkylation sites (tertiary alicyclic amines) is 1. The Hall–Kier alpha value is -4.10. The number of ether oxygens (including phenoxy) is 4. The first-order valence-corrected chi connectivity index (χ1v) is 16.2. The molecule has 46 heavy (non-hydrogen) atoms. The maximum Gasteiger partial charge on any atom is 0.316 e. The van der Waals surface area contributed by atoms with Gasteiger partial charge in [-0.3, -0.25) is 14.5 Å². The monoisotopic (exact) mass is 627 g/mol. The van der Waals surface area contributed by atoms with Crippen molar-refractivity contribution in [2.45, 2.75) is 67.7 Å². The average molecular weight is 628 g/mol. The molecule has 2 aliphatic heterocycles. The summed E-state index contributed by atoms with van der Waals surface area (Å²) in [4.78, 5) is 26.7. The topological polar surface area (TPSA) is 74.3 Å². The summed E-state index contributed by atoms with van der Waals surface area (Å²) in [6.45, 7) is 17.7. The van der Waals surface area contributed by atoms with E-state index in [1.54, 1.807) is 24.3 Å². The van der Waals surface area contributed by atoms with E-state index in [1.807, 2.05) is 97.0 Å². The van der Waals surface area contributed by atoms with Crippen LogP contribution in [0.3, 0.4) is 0 Å². The number of fused-ring (bicyclic) bond motifs is 1. The fourth-order valence-electron chi connectivity index (χ4n) is 4.95. The van der Waals surface area contributed by atoms with Crippen LogP contribution >= 0.6 is 0 Å². The summed E-state index contributed by atoms with van der Waals surface area (Å²) in [5, 5.41) is 0. The van der Waals surface area contributed by atoms with E-state index in [0.29, 0.717) is 23.9 Å². The third kappa shape index (κ3) is 9.95. The van der Waals surface area contributed by atoms with Gasteiger partial charge < -0.3 is 18.9 Å². The molecule has 7 nitrogen and oxygen atoms in total. The maximum atomic E-state index is 12.1. The van der Waals surface area contributed by atoms with Crippen LogP contribution in [-0.2, 0) is 9.59 Å². The van der Waals surface area contributed by atoms with Crippen LogP contribution in [0.15, 0.2) is 72.8 Å². The third-order valence-corrected chi connectivity index (χ3v) is 7.90. The number of piperidine rings is 1. The number of esters is 2. The summed E-state index contributed by atoms with van der Waals surface area (Å²) >= 11 is 0. The summed E-state index contributed by atoms with van der Waals surface area (Å²) in [6.07, 6.45) is 4.10. The number of carbonyl (C=O) groups is 2. The van der Waals surface area contributed by atoms with Crippen molar-refractivity contribution in [1.29, 1.82) is 0 Å². The molecule has 2 aliphatic rings. The molecule has 0 spiro atoms. The number of rotatable bonds is 7. The van der Waals surface area contributed by atoms with Crippen LogP contribution in [0.5, 0.6) is 23.0 Å². The molecular formula is C39H49NO6. The molecule has 5 rings (SSSR count). The highest BCUT2D eigenvalue weighted by atomic mass is 16.5. The van der Waals surface area contributed by atoms with Gasteiger partial charge in [0.05, 0.1) is 10.8 Å². The number of carbonyl (C=O) groups excluding carboxylic acids is 2. The van der Waals surface area contributed by atoms with E-state index >= 15 is 0 Å². The van der Waals surface area contributed by atoms with Crippen molar-refractivity contribution in [3.05, 3.63) is 83.9 Å². The van der Waals surface area contributed by atoms with Crippen molar-refractivity contribution in [2.24, 2.45) is 10.8 Å². The smallest absolute Gasteiger partial charge is 0.316 e. The normalized spacial score (nSPS) is 15.1. The van der Waals surface area contributed by atoms with Gasteiger partial charge in [0.2, 0.25) is 0 Å². The lowest BCUT2D eigenvalue weighted by Crippen LogP contribution is -2.33. The Morgan fingerprint density at radius 1 is 0.739 bits per heavy atom. The minimum absolute atomic E-state index is 0.270. The highest BCUT2D eigenvalue weighted by Gasteiger charge is 2.26. The molecule has 0 N–H and O–H groups in total. The van der Waals surface area contributed by atoms with Crippen LogP contribution in [0.2, 0.25) is 0 Å². The highest BCUT2D eigenvalue weighted by Crippen LogP contribution is 2.39. The van der Waals surface area contributed by atoms with E-state index in [2.05, 4.69) is 4.90 Å². The molecule has 0 aromatic heterocycles. The van der Waals surface area contributed by atoms with Gasteiger partial charge in [-0.05, 0) is 122 Å². The van der Waals surface area contributed by atoms with Gasteiger partial charge in [-0.2, -0.15) is 0 Å². The SMILES string of the molecule is CC1=C(c2ccc(OC(=O)C(C)(C)C)cc2)COc2cc(OC(=O)C(C)(C)C)ccc21.c1ccc(OCCN2CCCCC2)cc1. The van der Waals surface area contributed by atoms with Crippen molar-refractivity contribution in [2.75, 3.05) is 32.8 Å². The fourth-order valence-corrected chi connectivity index (χ4v) is 4.95. The average Bonchev–Trinajstić information content (AvgIpc) is 3.02. The standard InChI is InChI=1S/C26H30O5.C13H19NO/c1-16-20-13-12-19(31-24(28)26(5,6)7)14-22(20)29-15-21(16)17-8-10-18(11-9-17)30-23(27)25(2,3)4;1-3-7-13(8-4-1)15-12-11-14-9-5-2-6-10-14/h8-14H,15H2,1-7H3;1,3-4,7-8H,2,5-6,9-12H2. The van der Waals surface area contributed by atoms with Crippen LogP contribution < -0.4 is 18.9 Å². The number of hydrogen-bond donors (Lipinski definition) is 0. The molecule has 0 atom stereocenters.